The van der Waals surface area contributed by atoms with Crippen molar-refractivity contribution >= 4 is 119 Å². The summed E-state index contributed by atoms with van der Waals surface area (Å²) in [4.78, 5) is 246. The number of unbranched alkanes of at least 4 members (excludes halogenated alkanes) is 2. The Morgan fingerprint density at radius 2 is 0.707 bits per heavy atom. The lowest BCUT2D eigenvalue weighted by atomic mass is 9.93. The number of carbonyl (C=O) groups excluding carboxylic acids is 19. The van der Waals surface area contributed by atoms with Crippen molar-refractivity contribution in [3.63, 3.8) is 0 Å². The molecule has 0 aromatic heterocycles. The van der Waals surface area contributed by atoms with Crippen molar-refractivity contribution in [1.82, 2.24) is 25.8 Å². The first-order valence-electron chi connectivity index (χ1n) is 49.9. The van der Waals surface area contributed by atoms with E-state index in [1.165, 1.54) is 0 Å². The van der Waals surface area contributed by atoms with Gasteiger partial charge in [-0.2, -0.15) is 0 Å². The zero-order valence-corrected chi connectivity index (χ0v) is 83.8. The summed E-state index contributed by atoms with van der Waals surface area (Å²) in [5.41, 5.74) is 12.7. The number of hydrogen-bond acceptors (Lipinski definition) is 32. The maximum Gasteiger partial charge on any atom is 0.533 e. The minimum atomic E-state index is -1.24. The number of anilines is 1. The molecular weight excluding hydrogens is 1940 g/mol. The number of ketones is 4. The summed E-state index contributed by atoms with van der Waals surface area (Å²) in [5.74, 6) is -5.27. The molecule has 12 rings (SSSR count). The van der Waals surface area contributed by atoms with Crippen LogP contribution in [0.3, 0.4) is 0 Å². The van der Waals surface area contributed by atoms with E-state index in [2.05, 4.69) is 49.5 Å². The molecule has 806 valence electrons. The maximum atomic E-state index is 13.5. The Balaban J connectivity index is 0.000000273. The molecule has 6 aromatic carbocycles. The van der Waals surface area contributed by atoms with Crippen LogP contribution in [0.15, 0.2) is 146 Å². The molecule has 150 heavy (non-hydrogen) atoms. The van der Waals surface area contributed by atoms with Crippen LogP contribution in [0.1, 0.15) is 300 Å². The van der Waals surface area contributed by atoms with E-state index in [4.69, 9.17) is 61.9 Å². The molecule has 3 N–H and O–H groups in total. The van der Waals surface area contributed by atoms with E-state index < -0.39 is 71.7 Å². The third-order valence-corrected chi connectivity index (χ3v) is 24.6. The van der Waals surface area contributed by atoms with Gasteiger partial charge in [-0.25, -0.2) is 14.4 Å². The number of imide groups is 3. The average molecular weight is 2080 g/mol. The van der Waals surface area contributed by atoms with Gasteiger partial charge in [-0.05, 0) is 167 Å². The smallest absolute Gasteiger partial charge is 0.498 e. The molecule has 3 heterocycles. The summed E-state index contributed by atoms with van der Waals surface area (Å²) in [5, 5.41) is 9.75. The van der Waals surface area contributed by atoms with Gasteiger partial charge in [0.1, 0.15) is 38.7 Å². The zero-order chi connectivity index (χ0) is 106. The highest BCUT2D eigenvalue weighted by molar-refractivity contribution is 6.07. The normalized spacial score (nSPS) is 14.4. The number of benzene rings is 6. The minimum Gasteiger partial charge on any atom is -0.498 e. The number of Topliss-reactive ketones (excluding diaryl/α,β-unsaturated/α-hetero) is 4. The lowest BCUT2D eigenvalue weighted by molar-refractivity contribution is -0.177. The number of rotatable bonds is 63. The van der Waals surface area contributed by atoms with Crippen LogP contribution in [0.4, 0.5) is 20.1 Å². The average Bonchev–Trinajstić information content (AvgIpc) is 1.61. The van der Waals surface area contributed by atoms with Gasteiger partial charge in [-0.1, -0.05) is 155 Å². The number of carbonyl (C=O) groups is 19. The van der Waals surface area contributed by atoms with Crippen LogP contribution in [-0.4, -0.2) is 235 Å². The fourth-order valence-electron chi connectivity index (χ4n) is 17.0. The second kappa shape index (κ2) is 63.1. The Kier molecular flexibility index (Phi) is 50.6. The van der Waals surface area contributed by atoms with E-state index >= 15 is 0 Å². The number of hydroxylamine groups is 6. The summed E-state index contributed by atoms with van der Waals surface area (Å²) in [7, 11) is 1.64. The van der Waals surface area contributed by atoms with Gasteiger partial charge in [0.05, 0.1) is 69.6 Å². The molecule has 3 fully saturated rings. The Morgan fingerprint density at radius 3 is 1.12 bits per heavy atom. The number of aldehydes is 3. The van der Waals surface area contributed by atoms with Crippen LogP contribution in [0, 0.1) is 0 Å². The number of nitrogens with zero attached hydrogens (tertiary/aromatic N) is 3. The van der Waals surface area contributed by atoms with Crippen LogP contribution in [0.25, 0.3) is 33.4 Å². The molecule has 0 spiro atoms. The lowest BCUT2D eigenvalue weighted by Crippen LogP contribution is -2.32. The lowest BCUT2D eigenvalue weighted by Gasteiger charge is -2.17. The van der Waals surface area contributed by atoms with Crippen LogP contribution in [-0.2, 0) is 126 Å². The highest BCUT2D eigenvalue weighted by atomic mass is 16.8. The van der Waals surface area contributed by atoms with E-state index in [0.717, 1.165) is 93.3 Å². The highest BCUT2D eigenvalue weighted by Gasteiger charge is 2.41. The van der Waals surface area contributed by atoms with Gasteiger partial charge in [-0.3, -0.25) is 76.8 Å². The van der Waals surface area contributed by atoms with E-state index in [1.54, 1.807) is 67.8 Å². The number of ether oxygens (including phenoxy) is 10. The Bertz CT molecular complexity index is 5800. The van der Waals surface area contributed by atoms with Gasteiger partial charge in [-0.15, -0.1) is 0 Å². The number of fused-ring (bicyclic) bond motifs is 9. The predicted octanol–water partition coefficient (Wildman–Crippen LogP) is 16.9. The van der Waals surface area contributed by atoms with Crippen LogP contribution in [0.5, 0.6) is 0 Å². The summed E-state index contributed by atoms with van der Waals surface area (Å²) < 4.78 is 53.9. The van der Waals surface area contributed by atoms with Crippen molar-refractivity contribution in [3.05, 3.63) is 207 Å². The number of aryl methyl sites for hydroxylation is 1. The van der Waals surface area contributed by atoms with Gasteiger partial charge >= 0.3 is 18.5 Å². The Labute approximate surface area is 872 Å². The second-order valence-electron chi connectivity index (χ2n) is 35.5. The summed E-state index contributed by atoms with van der Waals surface area (Å²) in [6.45, 7) is 19.9. The van der Waals surface area contributed by atoms with Crippen LogP contribution < -0.4 is 16.0 Å². The minimum absolute atomic E-state index is 0. The van der Waals surface area contributed by atoms with Crippen LogP contribution in [0.2, 0.25) is 0 Å². The van der Waals surface area contributed by atoms with Gasteiger partial charge in [0, 0.05) is 182 Å². The molecule has 0 saturated carbocycles. The van der Waals surface area contributed by atoms with E-state index in [0.29, 0.717) is 208 Å². The first-order chi connectivity index (χ1) is 71.6. The zero-order valence-electron chi connectivity index (χ0n) is 83.8. The summed E-state index contributed by atoms with van der Waals surface area (Å²) >= 11 is 0. The van der Waals surface area contributed by atoms with Gasteiger partial charge in [0.25, 0.3) is 35.4 Å². The van der Waals surface area contributed by atoms with E-state index in [-0.39, 0.29) is 185 Å². The molecule has 0 bridgehead atoms. The summed E-state index contributed by atoms with van der Waals surface area (Å²) in [6.07, 6.45) is 8.18. The van der Waals surface area contributed by atoms with Crippen molar-refractivity contribution in [3.8, 4) is 33.4 Å². The third kappa shape index (κ3) is 36.3. The standard InChI is InChI=1S/C38H45N3O11.C37H44N2O11.C35H39NO10.2CH4/c1-3-4-19-49-21-17-39-34(44)8-5-9-35(45)40-27-11-13-29-28-12-10-26(33(43)7-6-20-50-25(2)16-18-42)22-30(28)32(31(29)23-27)24-51-38(48)52-41-36(46)14-15-37(41)47;1-25(16-18-40)48-21-5-10-32(41)29-9-4-8-27-31(24-49-37(45)50-39-34(43)14-15-35(39)44)30-23-26(12-13-28(30)36(27)29)7-3-11-33(42)38-17-22-47-20-6-19-46-2;1-3-4-17-43-18-5-7-31(38)24-9-11-26-27-12-10-25(32(39)8-6-19-44-23(2)15-16-37)21-29(27)30(28(26)20-24)22-45-35(42)46-36-33(40)13-14-34(36)41;;/h10-13,18,22-23,32H,2-9,14-17,19-21,24H2,1H3,(H,39,44)(H,40,45);4,8-9,12-13,18,23,31H,1,3,5-7,10-11,14-17,19-22,24H2,2H3,(H,38,42);9-12,16,20-21,30H,2-8,13-15,17-19,22H2,1H3;2*1H4. The largest absolute Gasteiger partial charge is 0.533 e. The van der Waals surface area contributed by atoms with E-state index in [9.17, 15) is 91.1 Å². The van der Waals surface area contributed by atoms with Crippen molar-refractivity contribution in [2.75, 3.05) is 111 Å². The van der Waals surface area contributed by atoms with E-state index in [1.807, 2.05) is 48.5 Å². The monoisotopic (exact) mass is 2080 g/mol. The molecule has 6 aromatic rings. The molecule has 3 atom stereocenters. The van der Waals surface area contributed by atoms with Gasteiger partial charge in [0.15, 0.2) is 23.1 Å². The molecule has 38 nitrogen and oxygen atoms in total. The molecule has 3 aliphatic carbocycles. The number of allylic oxidation sites excluding steroid dienone is 3. The first kappa shape index (κ1) is 120. The molecule has 0 radical (unpaired) electrons. The fourth-order valence-corrected chi connectivity index (χ4v) is 17.0. The number of methoxy groups -OCH3 is 1. The van der Waals surface area contributed by atoms with Crippen molar-refractivity contribution in [2.24, 2.45) is 0 Å². The summed E-state index contributed by atoms with van der Waals surface area (Å²) in [6, 6.07) is 32.6. The molecule has 6 aliphatic rings. The molecule has 3 unspecified atom stereocenters. The third-order valence-electron chi connectivity index (χ3n) is 24.6. The van der Waals surface area contributed by atoms with Crippen molar-refractivity contribution in [1.29, 1.82) is 0 Å². The highest BCUT2D eigenvalue weighted by Crippen LogP contribution is 2.50. The maximum absolute atomic E-state index is 13.5. The molecule has 9 amide bonds. The van der Waals surface area contributed by atoms with Gasteiger partial charge in [0.2, 0.25) is 17.7 Å². The fraction of sp³-hybridized carbons (Fsp3) is 0.455. The Hall–Kier alpha value is -14.9. The second-order valence-corrected chi connectivity index (χ2v) is 35.5. The number of hydrogen-bond donors (Lipinski definition) is 3. The van der Waals surface area contributed by atoms with Crippen molar-refractivity contribution in [2.45, 2.75) is 226 Å². The first-order valence-corrected chi connectivity index (χ1v) is 49.9. The predicted molar refractivity (Wildman–Crippen MR) is 547 cm³/mol. The van der Waals surface area contributed by atoms with Gasteiger partial charge < -0.3 is 77.7 Å². The number of amides is 9. The van der Waals surface area contributed by atoms with Crippen LogP contribution >= 0.6 is 0 Å². The van der Waals surface area contributed by atoms with Crippen molar-refractivity contribution < 1.29 is 153 Å². The molecule has 3 saturated heterocycles. The SMILES string of the molecule is C.C.C=C(CC=O)OCCCC(=O)c1ccc2c(c1)C(COC(=O)ON1C(=O)CCC1=O)c1cc(C(=O)CCCOCCCC)ccc1-2.C=C(CC=O)OCCCC(=O)c1ccc2c(c1)C(COC(=O)ON1C(=O)CCC1=O)c1cc(NC(=O)CCCC(=O)NCCOCCCC)ccc1-2.C=C(CC=O)OCCCC(=O)c1cccc2c1-c1ccc(CCCC(=O)NCCOCCCOC)cc1C2COC(=O)ON1C(=O)CCC1=O. The number of nitrogens with one attached hydrogen (secondary N) is 3. The quantitative estimate of drug-likeness (QED) is 0.00607. The topological polar surface area (TPSA) is 490 Å². The molecule has 3 aliphatic heterocycles. The molecule has 38 heteroatoms. The Morgan fingerprint density at radius 1 is 0.353 bits per heavy atom. The molecular formula is C112H136N6O32.